The molecule has 0 radical (unpaired) electrons. The minimum Gasteiger partial charge on any atom is -0.490 e. The minimum absolute atomic E-state index is 0.0719. The van der Waals surface area contributed by atoms with Crippen molar-refractivity contribution in [1.82, 2.24) is 0 Å². The molecule has 1 aromatic carbocycles. The summed E-state index contributed by atoms with van der Waals surface area (Å²) in [5, 5.41) is 3.07. The Kier molecular flexibility index (Phi) is 6.31. The van der Waals surface area contributed by atoms with E-state index in [1.165, 1.54) is 6.42 Å². The SMILES string of the molecule is CC(C)CCN1C(=O)C(C)(C)COc2ccc(NC(=O)C3CCCCC3)cc21. The molecule has 0 atom stereocenters. The van der Waals surface area contributed by atoms with Gasteiger partial charge in [-0.3, -0.25) is 9.59 Å². The highest BCUT2D eigenvalue weighted by Gasteiger charge is 2.37. The fourth-order valence-corrected chi connectivity index (χ4v) is 3.94. The maximum Gasteiger partial charge on any atom is 0.236 e. The number of carbonyl (C=O) groups is 2. The molecule has 0 saturated heterocycles. The van der Waals surface area contributed by atoms with Gasteiger partial charge in [0.15, 0.2) is 0 Å². The average molecular weight is 387 g/mol. The van der Waals surface area contributed by atoms with Gasteiger partial charge in [-0.1, -0.05) is 33.1 Å². The van der Waals surface area contributed by atoms with Gasteiger partial charge in [0, 0.05) is 18.2 Å². The summed E-state index contributed by atoms with van der Waals surface area (Å²) in [5.41, 5.74) is 0.916. The van der Waals surface area contributed by atoms with E-state index >= 15 is 0 Å². The van der Waals surface area contributed by atoms with Crippen LogP contribution in [0.4, 0.5) is 11.4 Å². The van der Waals surface area contributed by atoms with E-state index in [0.29, 0.717) is 24.8 Å². The highest BCUT2D eigenvalue weighted by atomic mass is 16.5. The Morgan fingerprint density at radius 2 is 1.96 bits per heavy atom. The predicted octanol–water partition coefficient (Wildman–Crippen LogP) is 5.00. The Hall–Kier alpha value is -2.04. The van der Waals surface area contributed by atoms with Crippen molar-refractivity contribution in [2.24, 2.45) is 17.3 Å². The lowest BCUT2D eigenvalue weighted by Crippen LogP contribution is -2.42. The molecular weight excluding hydrogens is 352 g/mol. The van der Waals surface area contributed by atoms with Crippen LogP contribution in [0.5, 0.6) is 5.75 Å². The van der Waals surface area contributed by atoms with Crippen molar-refractivity contribution in [3.05, 3.63) is 18.2 Å². The van der Waals surface area contributed by atoms with Crippen LogP contribution in [0, 0.1) is 17.3 Å². The number of fused-ring (bicyclic) bond motifs is 1. The quantitative estimate of drug-likeness (QED) is 0.774. The number of amides is 2. The summed E-state index contributed by atoms with van der Waals surface area (Å²) >= 11 is 0. The summed E-state index contributed by atoms with van der Waals surface area (Å²) in [6.45, 7) is 9.17. The van der Waals surface area contributed by atoms with E-state index in [1.807, 2.05) is 36.9 Å². The minimum atomic E-state index is -0.582. The molecule has 0 unspecified atom stereocenters. The van der Waals surface area contributed by atoms with Crippen LogP contribution in [0.15, 0.2) is 18.2 Å². The summed E-state index contributed by atoms with van der Waals surface area (Å²) in [4.78, 5) is 27.7. The molecule has 2 amide bonds. The fraction of sp³-hybridized carbons (Fsp3) is 0.652. The van der Waals surface area contributed by atoms with Crippen LogP contribution in [0.3, 0.4) is 0 Å². The third kappa shape index (κ3) is 4.68. The van der Waals surface area contributed by atoms with Gasteiger partial charge in [0.05, 0.1) is 11.1 Å². The normalized spacial score (nSPS) is 19.8. The molecule has 2 aliphatic rings. The molecule has 1 saturated carbocycles. The maximum atomic E-state index is 13.2. The van der Waals surface area contributed by atoms with Crippen LogP contribution in [-0.4, -0.2) is 25.0 Å². The molecule has 1 fully saturated rings. The summed E-state index contributed by atoms with van der Waals surface area (Å²) in [5.74, 6) is 1.47. The lowest BCUT2D eigenvalue weighted by molar-refractivity contribution is -0.127. The number of hydrogen-bond donors (Lipinski definition) is 1. The van der Waals surface area contributed by atoms with Gasteiger partial charge in [0.25, 0.3) is 0 Å². The topological polar surface area (TPSA) is 58.6 Å². The first-order valence-corrected chi connectivity index (χ1v) is 10.7. The van der Waals surface area contributed by atoms with Crippen LogP contribution in [0.25, 0.3) is 0 Å². The van der Waals surface area contributed by atoms with E-state index in [4.69, 9.17) is 4.74 Å². The third-order valence-electron chi connectivity index (χ3n) is 5.84. The van der Waals surface area contributed by atoms with Crippen molar-refractivity contribution in [3.63, 3.8) is 0 Å². The van der Waals surface area contributed by atoms with Crippen molar-refractivity contribution in [2.45, 2.75) is 66.2 Å². The Labute approximate surface area is 168 Å². The van der Waals surface area contributed by atoms with E-state index in [2.05, 4.69) is 19.2 Å². The standard InChI is InChI=1S/C23H34N2O3/c1-16(2)12-13-25-19-14-18(24-21(26)17-8-6-5-7-9-17)10-11-20(19)28-15-23(3,4)22(25)27/h10-11,14,16-17H,5-9,12-13,15H2,1-4H3,(H,24,26). The molecule has 5 nitrogen and oxygen atoms in total. The van der Waals surface area contributed by atoms with Gasteiger partial charge in [-0.15, -0.1) is 0 Å². The molecule has 1 aliphatic carbocycles. The number of nitrogens with one attached hydrogen (secondary N) is 1. The van der Waals surface area contributed by atoms with E-state index < -0.39 is 5.41 Å². The zero-order valence-corrected chi connectivity index (χ0v) is 17.7. The zero-order chi connectivity index (χ0) is 20.3. The highest BCUT2D eigenvalue weighted by molar-refractivity contribution is 6.00. The molecule has 154 valence electrons. The van der Waals surface area contributed by atoms with Crippen molar-refractivity contribution in [1.29, 1.82) is 0 Å². The average Bonchev–Trinajstić information content (AvgIpc) is 2.76. The maximum absolute atomic E-state index is 13.2. The van der Waals surface area contributed by atoms with Crippen molar-refractivity contribution < 1.29 is 14.3 Å². The highest BCUT2D eigenvalue weighted by Crippen LogP contribution is 2.39. The first-order chi connectivity index (χ1) is 13.3. The monoisotopic (exact) mass is 386 g/mol. The number of benzene rings is 1. The molecule has 3 rings (SSSR count). The molecule has 1 aromatic rings. The van der Waals surface area contributed by atoms with Crippen LogP contribution < -0.4 is 15.0 Å². The summed E-state index contributed by atoms with van der Waals surface area (Å²) in [7, 11) is 0. The summed E-state index contributed by atoms with van der Waals surface area (Å²) < 4.78 is 5.97. The van der Waals surface area contributed by atoms with Crippen molar-refractivity contribution >= 4 is 23.2 Å². The summed E-state index contributed by atoms with van der Waals surface area (Å²) in [6, 6.07) is 5.65. The molecule has 1 aliphatic heterocycles. The Morgan fingerprint density at radius 1 is 1.25 bits per heavy atom. The number of anilines is 2. The Morgan fingerprint density at radius 3 is 2.64 bits per heavy atom. The van der Waals surface area contributed by atoms with Crippen molar-refractivity contribution in [2.75, 3.05) is 23.4 Å². The predicted molar refractivity (Wildman–Crippen MR) is 113 cm³/mol. The number of carbonyl (C=O) groups excluding carboxylic acids is 2. The number of nitrogens with zero attached hydrogens (tertiary/aromatic N) is 1. The van der Waals surface area contributed by atoms with Crippen molar-refractivity contribution in [3.8, 4) is 5.75 Å². The van der Waals surface area contributed by atoms with E-state index in [-0.39, 0.29) is 17.7 Å². The molecule has 1 heterocycles. The second-order valence-electron chi connectivity index (χ2n) is 9.32. The number of ether oxygens (including phenoxy) is 1. The van der Waals surface area contributed by atoms with Gasteiger partial charge in [0.2, 0.25) is 11.8 Å². The molecule has 0 spiro atoms. The second kappa shape index (κ2) is 8.54. The molecule has 1 N–H and O–H groups in total. The van der Waals surface area contributed by atoms with Gasteiger partial charge in [-0.05, 0) is 57.2 Å². The lowest BCUT2D eigenvalue weighted by atomic mass is 9.88. The van der Waals surface area contributed by atoms with E-state index in [0.717, 1.165) is 43.5 Å². The molecule has 0 aromatic heterocycles. The van der Waals surface area contributed by atoms with Crippen LogP contribution in [0.2, 0.25) is 0 Å². The van der Waals surface area contributed by atoms with Crippen LogP contribution in [0.1, 0.15) is 66.2 Å². The van der Waals surface area contributed by atoms with Gasteiger partial charge in [0.1, 0.15) is 12.4 Å². The van der Waals surface area contributed by atoms with Gasteiger partial charge < -0.3 is 15.0 Å². The molecule has 28 heavy (non-hydrogen) atoms. The smallest absolute Gasteiger partial charge is 0.236 e. The van der Waals surface area contributed by atoms with Gasteiger partial charge in [-0.25, -0.2) is 0 Å². The summed E-state index contributed by atoms with van der Waals surface area (Å²) in [6.07, 6.45) is 6.33. The lowest BCUT2D eigenvalue weighted by Gasteiger charge is -2.29. The first-order valence-electron chi connectivity index (χ1n) is 10.7. The Bertz CT molecular complexity index is 721. The Balaban J connectivity index is 1.85. The first kappa shape index (κ1) is 20.7. The third-order valence-corrected chi connectivity index (χ3v) is 5.84. The van der Waals surface area contributed by atoms with Gasteiger partial charge in [-0.2, -0.15) is 0 Å². The molecule has 0 bridgehead atoms. The van der Waals surface area contributed by atoms with Crippen LogP contribution in [-0.2, 0) is 9.59 Å². The largest absolute Gasteiger partial charge is 0.490 e. The molecule has 5 heteroatoms. The number of hydrogen-bond acceptors (Lipinski definition) is 3. The van der Waals surface area contributed by atoms with Crippen LogP contribution >= 0.6 is 0 Å². The van der Waals surface area contributed by atoms with E-state index in [9.17, 15) is 9.59 Å². The zero-order valence-electron chi connectivity index (χ0n) is 17.7. The van der Waals surface area contributed by atoms with Gasteiger partial charge >= 0.3 is 0 Å². The molecular formula is C23H34N2O3. The number of rotatable bonds is 5. The fourth-order valence-electron chi connectivity index (χ4n) is 3.94. The van der Waals surface area contributed by atoms with E-state index in [1.54, 1.807) is 0 Å². The second-order valence-corrected chi connectivity index (χ2v) is 9.32.